The Morgan fingerprint density at radius 2 is 2.00 bits per heavy atom. The fourth-order valence-electron chi connectivity index (χ4n) is 1.01. The normalized spacial score (nSPS) is 11.4. The smallest absolute Gasteiger partial charge is 0.0159 e. The van der Waals surface area contributed by atoms with Crippen molar-refractivity contribution in [1.82, 2.24) is 4.90 Å². The van der Waals surface area contributed by atoms with E-state index in [0.29, 0.717) is 0 Å². The van der Waals surface area contributed by atoms with Crippen LogP contribution in [0, 0.1) is 5.92 Å². The van der Waals surface area contributed by atoms with Crippen LogP contribution in [0.3, 0.4) is 0 Å². The largest absolute Gasteiger partial charge is 0.303 e. The first kappa shape index (κ1) is 10.4. The van der Waals surface area contributed by atoms with E-state index in [4.69, 9.17) is 0 Å². The second-order valence-electron chi connectivity index (χ2n) is 2.98. The van der Waals surface area contributed by atoms with Gasteiger partial charge in [-0.25, -0.2) is 0 Å². The van der Waals surface area contributed by atoms with E-state index in [2.05, 4.69) is 41.6 Å². The lowest BCUT2D eigenvalue weighted by Crippen LogP contribution is -2.29. The Labute approximate surface area is 72.9 Å². The number of hydrogen-bond acceptors (Lipinski definition) is 1. The fourth-order valence-corrected chi connectivity index (χ4v) is 1.52. The summed E-state index contributed by atoms with van der Waals surface area (Å²) in [5.41, 5.74) is 0. The molecule has 0 rings (SSSR count). The lowest BCUT2D eigenvalue weighted by atomic mass is 10.2. The van der Waals surface area contributed by atoms with Crippen LogP contribution < -0.4 is 0 Å². The number of halogens is 1. The molecule has 0 aromatic rings. The molecule has 0 unspecified atom stereocenters. The molecule has 0 bridgehead atoms. The minimum atomic E-state index is 0.791. The molecule has 62 valence electrons. The molecule has 0 aromatic heterocycles. The van der Waals surface area contributed by atoms with Gasteiger partial charge in [-0.05, 0) is 12.5 Å². The number of alkyl halides is 1. The van der Waals surface area contributed by atoms with Crippen LogP contribution in [-0.2, 0) is 0 Å². The monoisotopic (exact) mass is 207 g/mol. The minimum absolute atomic E-state index is 0.791. The molecule has 0 N–H and O–H groups in total. The summed E-state index contributed by atoms with van der Waals surface area (Å²) >= 11 is 3.44. The third-order valence-electron chi connectivity index (χ3n) is 1.47. The first-order valence-electron chi connectivity index (χ1n) is 3.99. The van der Waals surface area contributed by atoms with Gasteiger partial charge >= 0.3 is 0 Å². The zero-order valence-electron chi connectivity index (χ0n) is 7.23. The molecule has 0 aliphatic heterocycles. The second-order valence-corrected chi connectivity index (χ2v) is 3.77. The summed E-state index contributed by atoms with van der Waals surface area (Å²) in [6.07, 6.45) is 0. The molecule has 0 saturated heterocycles. The van der Waals surface area contributed by atoms with Crippen molar-refractivity contribution in [2.24, 2.45) is 5.92 Å². The first-order chi connectivity index (χ1) is 4.70. The molecule has 0 aliphatic carbocycles. The highest BCUT2D eigenvalue weighted by molar-refractivity contribution is 9.09. The van der Waals surface area contributed by atoms with Crippen molar-refractivity contribution in [1.29, 1.82) is 0 Å². The highest BCUT2D eigenvalue weighted by Gasteiger charge is 2.02. The van der Waals surface area contributed by atoms with Gasteiger partial charge in [0, 0.05) is 18.4 Å². The van der Waals surface area contributed by atoms with Crippen LogP contribution in [0.15, 0.2) is 0 Å². The van der Waals surface area contributed by atoms with Gasteiger partial charge in [0.2, 0.25) is 0 Å². The summed E-state index contributed by atoms with van der Waals surface area (Å²) in [7, 11) is 0. The van der Waals surface area contributed by atoms with E-state index >= 15 is 0 Å². The highest BCUT2D eigenvalue weighted by Crippen LogP contribution is 1.98. The Morgan fingerprint density at radius 3 is 2.30 bits per heavy atom. The van der Waals surface area contributed by atoms with Crippen LogP contribution in [0.5, 0.6) is 0 Å². The lowest BCUT2D eigenvalue weighted by Gasteiger charge is -2.20. The van der Waals surface area contributed by atoms with Crippen molar-refractivity contribution in [2.75, 3.05) is 25.0 Å². The first-order valence-corrected chi connectivity index (χ1v) is 5.11. The van der Waals surface area contributed by atoms with Crippen LogP contribution in [0.4, 0.5) is 0 Å². The second kappa shape index (κ2) is 6.17. The summed E-state index contributed by atoms with van der Waals surface area (Å²) < 4.78 is 0. The van der Waals surface area contributed by atoms with Crippen LogP contribution in [0.25, 0.3) is 0 Å². The van der Waals surface area contributed by atoms with Crippen molar-refractivity contribution in [3.63, 3.8) is 0 Å². The average molecular weight is 208 g/mol. The standard InChI is InChI=1S/C8H18BrN/c1-4-10(6-5-9)7-8(2)3/h8H,4-7H2,1-3H3. The van der Waals surface area contributed by atoms with E-state index in [1.165, 1.54) is 19.6 Å². The van der Waals surface area contributed by atoms with E-state index in [1.807, 2.05) is 0 Å². The van der Waals surface area contributed by atoms with Crippen LogP contribution in [0.2, 0.25) is 0 Å². The Bertz CT molecular complexity index is 73.7. The molecule has 0 amide bonds. The quantitative estimate of drug-likeness (QED) is 0.627. The summed E-state index contributed by atoms with van der Waals surface area (Å²) in [6.45, 7) is 10.3. The predicted molar refractivity (Wildman–Crippen MR) is 50.7 cm³/mol. The minimum Gasteiger partial charge on any atom is -0.303 e. The van der Waals surface area contributed by atoms with Crippen LogP contribution in [0.1, 0.15) is 20.8 Å². The molecule has 0 heterocycles. The summed E-state index contributed by atoms with van der Waals surface area (Å²) in [4.78, 5) is 2.46. The van der Waals surface area contributed by atoms with E-state index < -0.39 is 0 Å². The topological polar surface area (TPSA) is 3.24 Å². The molecule has 0 spiro atoms. The van der Waals surface area contributed by atoms with Gasteiger partial charge in [-0.2, -0.15) is 0 Å². The molecule has 1 nitrogen and oxygen atoms in total. The third kappa shape index (κ3) is 5.24. The third-order valence-corrected chi connectivity index (χ3v) is 1.83. The Morgan fingerprint density at radius 1 is 1.40 bits per heavy atom. The summed E-state index contributed by atoms with van der Waals surface area (Å²) in [5.74, 6) is 0.791. The van der Waals surface area contributed by atoms with E-state index in [-0.39, 0.29) is 0 Å². The molecule has 0 saturated carbocycles. The van der Waals surface area contributed by atoms with Crippen molar-refractivity contribution in [2.45, 2.75) is 20.8 Å². The fraction of sp³-hybridized carbons (Fsp3) is 1.00. The molecule has 2 heteroatoms. The molecule has 10 heavy (non-hydrogen) atoms. The van der Waals surface area contributed by atoms with Gasteiger partial charge in [-0.1, -0.05) is 36.7 Å². The van der Waals surface area contributed by atoms with E-state index in [9.17, 15) is 0 Å². The SMILES string of the molecule is CCN(CCBr)CC(C)C. The zero-order valence-corrected chi connectivity index (χ0v) is 8.82. The molecular weight excluding hydrogens is 190 g/mol. The number of hydrogen-bond donors (Lipinski definition) is 0. The predicted octanol–water partition coefficient (Wildman–Crippen LogP) is 2.36. The van der Waals surface area contributed by atoms with E-state index in [1.54, 1.807) is 0 Å². The van der Waals surface area contributed by atoms with E-state index in [0.717, 1.165) is 11.2 Å². The van der Waals surface area contributed by atoms with Crippen molar-refractivity contribution in [3.8, 4) is 0 Å². The number of rotatable bonds is 5. The maximum atomic E-state index is 3.44. The molecule has 0 aliphatic rings. The molecular formula is C8H18BrN. The zero-order chi connectivity index (χ0) is 7.98. The molecule has 0 radical (unpaired) electrons. The van der Waals surface area contributed by atoms with Gasteiger partial charge < -0.3 is 4.90 Å². The Balaban J connectivity index is 3.39. The van der Waals surface area contributed by atoms with Gasteiger partial charge in [0.05, 0.1) is 0 Å². The van der Waals surface area contributed by atoms with Gasteiger partial charge in [-0.3, -0.25) is 0 Å². The molecule has 0 aromatic carbocycles. The van der Waals surface area contributed by atoms with Gasteiger partial charge in [0.25, 0.3) is 0 Å². The summed E-state index contributed by atoms with van der Waals surface area (Å²) in [5, 5.41) is 1.09. The maximum absolute atomic E-state index is 3.44. The molecule has 0 atom stereocenters. The Kier molecular flexibility index (Phi) is 6.44. The van der Waals surface area contributed by atoms with Crippen molar-refractivity contribution >= 4 is 15.9 Å². The lowest BCUT2D eigenvalue weighted by molar-refractivity contribution is 0.272. The van der Waals surface area contributed by atoms with Gasteiger partial charge in [-0.15, -0.1) is 0 Å². The van der Waals surface area contributed by atoms with Gasteiger partial charge in [0.1, 0.15) is 0 Å². The summed E-state index contributed by atoms with van der Waals surface area (Å²) in [6, 6.07) is 0. The number of nitrogens with zero attached hydrogens (tertiary/aromatic N) is 1. The van der Waals surface area contributed by atoms with Crippen molar-refractivity contribution in [3.05, 3.63) is 0 Å². The van der Waals surface area contributed by atoms with Crippen molar-refractivity contribution < 1.29 is 0 Å². The van der Waals surface area contributed by atoms with Gasteiger partial charge in [0.15, 0.2) is 0 Å². The Hall–Kier alpha value is 0.440. The maximum Gasteiger partial charge on any atom is 0.0159 e. The van der Waals surface area contributed by atoms with Crippen LogP contribution >= 0.6 is 15.9 Å². The highest BCUT2D eigenvalue weighted by atomic mass is 79.9. The average Bonchev–Trinajstić information content (AvgIpc) is 1.86. The van der Waals surface area contributed by atoms with Crippen LogP contribution in [-0.4, -0.2) is 29.9 Å². The molecule has 0 fully saturated rings.